The lowest BCUT2D eigenvalue weighted by atomic mass is 9.92. The summed E-state index contributed by atoms with van der Waals surface area (Å²) in [6.45, 7) is 2.65. The lowest BCUT2D eigenvalue weighted by Gasteiger charge is -2.21. The van der Waals surface area contributed by atoms with Gasteiger partial charge in [-0.2, -0.15) is 0 Å². The average molecular weight is 392 g/mol. The van der Waals surface area contributed by atoms with Crippen molar-refractivity contribution in [2.24, 2.45) is 0 Å². The second-order valence-electron chi connectivity index (χ2n) is 7.29. The molecule has 2 aromatic rings. The monoisotopic (exact) mass is 392 g/mol. The first-order chi connectivity index (χ1) is 14.1. The summed E-state index contributed by atoms with van der Waals surface area (Å²) in [5.74, 6) is 0.144. The third-order valence-electron chi connectivity index (χ3n) is 4.97. The van der Waals surface area contributed by atoms with E-state index in [1.807, 2.05) is 55.5 Å². The number of allylic oxidation sites excluding steroid dienone is 1. The summed E-state index contributed by atoms with van der Waals surface area (Å²) in [5.41, 5.74) is 1.51. The molecule has 0 bridgehead atoms. The molecule has 0 aliphatic carbocycles. The summed E-state index contributed by atoms with van der Waals surface area (Å²) in [5, 5.41) is 5.95. The van der Waals surface area contributed by atoms with Crippen molar-refractivity contribution in [1.29, 1.82) is 0 Å². The maximum atomic E-state index is 12.9. The van der Waals surface area contributed by atoms with Crippen LogP contribution in [0.2, 0.25) is 0 Å². The fourth-order valence-corrected chi connectivity index (χ4v) is 3.41. The van der Waals surface area contributed by atoms with E-state index >= 15 is 0 Å². The van der Waals surface area contributed by atoms with Crippen LogP contribution in [-0.2, 0) is 4.79 Å². The van der Waals surface area contributed by atoms with E-state index in [0.717, 1.165) is 24.8 Å². The summed E-state index contributed by atoms with van der Waals surface area (Å²) < 4.78 is 5.78. The normalized spacial score (nSPS) is 22.5. The van der Waals surface area contributed by atoms with Crippen molar-refractivity contribution in [3.63, 3.8) is 0 Å². The zero-order valence-corrected chi connectivity index (χ0v) is 16.8. The largest absolute Gasteiger partial charge is 0.489 e. The van der Waals surface area contributed by atoms with Crippen molar-refractivity contribution in [1.82, 2.24) is 10.6 Å². The predicted octanol–water partition coefficient (Wildman–Crippen LogP) is 3.82. The Balaban J connectivity index is 1.76. The second kappa shape index (κ2) is 10.5. The molecule has 0 fully saturated rings. The highest BCUT2D eigenvalue weighted by atomic mass is 16.5. The molecule has 29 heavy (non-hydrogen) atoms. The van der Waals surface area contributed by atoms with Crippen molar-refractivity contribution >= 4 is 11.8 Å². The third-order valence-corrected chi connectivity index (χ3v) is 4.97. The van der Waals surface area contributed by atoms with Crippen molar-refractivity contribution < 1.29 is 14.3 Å². The van der Waals surface area contributed by atoms with Gasteiger partial charge >= 0.3 is 0 Å². The van der Waals surface area contributed by atoms with E-state index in [1.165, 1.54) is 0 Å². The van der Waals surface area contributed by atoms with Gasteiger partial charge in [-0.05, 0) is 43.9 Å². The molecule has 2 N–H and O–H groups in total. The minimum Gasteiger partial charge on any atom is -0.489 e. The van der Waals surface area contributed by atoms with Gasteiger partial charge in [-0.25, -0.2) is 0 Å². The maximum Gasteiger partial charge on any atom is 0.255 e. The molecule has 2 aromatic carbocycles. The number of carbonyl (C=O) groups excluding carboxylic acids is 2. The number of rotatable bonds is 1. The van der Waals surface area contributed by atoms with E-state index in [-0.39, 0.29) is 23.8 Å². The highest BCUT2D eigenvalue weighted by Crippen LogP contribution is 2.23. The Hall–Kier alpha value is -3.08. The summed E-state index contributed by atoms with van der Waals surface area (Å²) in [7, 11) is 0. The van der Waals surface area contributed by atoms with Gasteiger partial charge in [0, 0.05) is 12.6 Å². The lowest BCUT2D eigenvalue weighted by Crippen LogP contribution is -2.43. The summed E-state index contributed by atoms with van der Waals surface area (Å²) in [6, 6.07) is 16.9. The molecule has 1 unspecified atom stereocenters. The van der Waals surface area contributed by atoms with Crippen LogP contribution in [0.15, 0.2) is 66.7 Å². The molecule has 2 atom stereocenters. The molecule has 2 amide bonds. The first-order valence-electron chi connectivity index (χ1n) is 10.2. The van der Waals surface area contributed by atoms with E-state index in [4.69, 9.17) is 4.74 Å². The Labute approximate surface area is 172 Å². The number of nitrogens with one attached hydrogen (secondary N) is 2. The quantitative estimate of drug-likeness (QED) is 0.725. The van der Waals surface area contributed by atoms with Crippen LogP contribution in [0, 0.1) is 0 Å². The lowest BCUT2D eigenvalue weighted by molar-refractivity contribution is -0.123. The van der Waals surface area contributed by atoms with E-state index in [1.54, 1.807) is 12.1 Å². The van der Waals surface area contributed by atoms with Crippen molar-refractivity contribution in [3.8, 4) is 5.75 Å². The van der Waals surface area contributed by atoms with E-state index in [0.29, 0.717) is 24.5 Å². The molecular weight excluding hydrogens is 364 g/mol. The van der Waals surface area contributed by atoms with Gasteiger partial charge in [0.1, 0.15) is 12.4 Å². The van der Waals surface area contributed by atoms with Gasteiger partial charge in [0.2, 0.25) is 5.91 Å². The van der Waals surface area contributed by atoms with Crippen molar-refractivity contribution in [2.75, 3.05) is 13.2 Å². The number of ether oxygens (including phenoxy) is 1. The average Bonchev–Trinajstić information content (AvgIpc) is 2.74. The van der Waals surface area contributed by atoms with Crippen LogP contribution < -0.4 is 15.4 Å². The number of hydrogen-bond acceptors (Lipinski definition) is 3. The Kier molecular flexibility index (Phi) is 7.45. The van der Waals surface area contributed by atoms with Crippen molar-refractivity contribution in [3.05, 3.63) is 77.9 Å². The van der Waals surface area contributed by atoms with Crippen LogP contribution >= 0.6 is 0 Å². The number of hydrogen-bond donors (Lipinski definition) is 2. The van der Waals surface area contributed by atoms with Crippen LogP contribution in [0.1, 0.15) is 48.0 Å². The zero-order valence-electron chi connectivity index (χ0n) is 16.8. The molecule has 0 radical (unpaired) electrons. The topological polar surface area (TPSA) is 67.4 Å². The molecule has 3 rings (SSSR count). The van der Waals surface area contributed by atoms with Gasteiger partial charge in [-0.1, -0.05) is 54.6 Å². The number of benzene rings is 2. The fourth-order valence-electron chi connectivity index (χ4n) is 3.41. The Morgan fingerprint density at radius 3 is 2.55 bits per heavy atom. The predicted molar refractivity (Wildman–Crippen MR) is 114 cm³/mol. The van der Waals surface area contributed by atoms with Gasteiger partial charge in [0.15, 0.2) is 0 Å². The van der Waals surface area contributed by atoms with Crippen LogP contribution in [-0.4, -0.2) is 31.0 Å². The maximum absolute atomic E-state index is 12.9. The van der Waals surface area contributed by atoms with Crippen molar-refractivity contribution in [2.45, 2.75) is 38.1 Å². The van der Waals surface area contributed by atoms with Gasteiger partial charge in [-0.15, -0.1) is 0 Å². The van der Waals surface area contributed by atoms with E-state index in [9.17, 15) is 9.59 Å². The first kappa shape index (κ1) is 20.6. The number of amides is 2. The molecule has 152 valence electrons. The standard InChI is InChI=1S/C24H28N2O3/c1-18-17-25-23(27)21-14-8-9-15-22(21)29-16-10-3-2-7-13-20(24(28)26-18)19-11-5-4-6-12-19/h3-6,8-12,14-15,18,20H,2,7,13,16-17H2,1H3,(H,25,27)(H,26,28)/b10-3+/t18-,20?/m0/s1. The van der Waals surface area contributed by atoms with Crippen LogP contribution in [0.3, 0.4) is 0 Å². The smallest absolute Gasteiger partial charge is 0.255 e. The van der Waals surface area contributed by atoms with Crippen LogP contribution in [0.25, 0.3) is 0 Å². The van der Waals surface area contributed by atoms with Gasteiger partial charge in [-0.3, -0.25) is 9.59 Å². The Morgan fingerprint density at radius 1 is 0.966 bits per heavy atom. The molecule has 0 saturated carbocycles. The van der Waals surface area contributed by atoms with E-state index < -0.39 is 0 Å². The first-order valence-corrected chi connectivity index (χ1v) is 10.2. The van der Waals surface area contributed by atoms with Crippen LogP contribution in [0.5, 0.6) is 5.75 Å². The molecule has 0 spiro atoms. The van der Waals surface area contributed by atoms with Gasteiger partial charge < -0.3 is 15.4 Å². The molecular formula is C24H28N2O3. The third kappa shape index (κ3) is 5.95. The molecule has 1 aliphatic heterocycles. The molecule has 5 nitrogen and oxygen atoms in total. The van der Waals surface area contributed by atoms with Gasteiger partial charge in [0.05, 0.1) is 11.5 Å². The molecule has 0 aromatic heterocycles. The fraction of sp³-hybridized carbons (Fsp3) is 0.333. The second-order valence-corrected chi connectivity index (χ2v) is 7.29. The Bertz CT molecular complexity index is 848. The summed E-state index contributed by atoms with van der Waals surface area (Å²) >= 11 is 0. The highest BCUT2D eigenvalue weighted by molar-refractivity contribution is 5.97. The summed E-state index contributed by atoms with van der Waals surface area (Å²) in [6.07, 6.45) is 6.57. The van der Waals surface area contributed by atoms with Crippen LogP contribution in [0.4, 0.5) is 0 Å². The SMILES string of the molecule is C[C@H]1CNC(=O)c2ccccc2OC/C=C/CCCC(c2ccccc2)C(=O)N1. The van der Waals surface area contributed by atoms with Gasteiger partial charge in [0.25, 0.3) is 5.91 Å². The molecule has 1 aliphatic rings. The number of para-hydroxylation sites is 1. The highest BCUT2D eigenvalue weighted by Gasteiger charge is 2.22. The molecule has 5 heteroatoms. The molecule has 1 heterocycles. The zero-order chi connectivity index (χ0) is 20.5. The van der Waals surface area contributed by atoms with E-state index in [2.05, 4.69) is 16.7 Å². The Morgan fingerprint density at radius 2 is 1.72 bits per heavy atom. The minimum atomic E-state index is -0.211. The minimum absolute atomic E-state index is 0.00208. The summed E-state index contributed by atoms with van der Waals surface area (Å²) in [4.78, 5) is 25.5. The molecule has 0 saturated heterocycles. The number of fused-ring (bicyclic) bond motifs is 1. The number of carbonyl (C=O) groups is 2.